The largest absolute Gasteiger partial charge is 0.306 e. The Hall–Kier alpha value is -1.03. The predicted molar refractivity (Wildman–Crippen MR) is 74.9 cm³/mol. The number of nitrogens with one attached hydrogen (secondary N) is 1. The molecule has 3 nitrogen and oxygen atoms in total. The summed E-state index contributed by atoms with van der Waals surface area (Å²) in [4.78, 5) is 0. The highest BCUT2D eigenvalue weighted by molar-refractivity contribution is 6.42. The normalized spacial score (nSPS) is 12.7. The second-order valence-corrected chi connectivity index (χ2v) is 5.11. The average molecular weight is 284 g/mol. The molecule has 1 unspecified atom stereocenters. The molecule has 0 bridgehead atoms. The van der Waals surface area contributed by atoms with Gasteiger partial charge in [0.05, 0.1) is 16.2 Å². The summed E-state index contributed by atoms with van der Waals surface area (Å²) in [5.74, 6) is 0. The van der Waals surface area contributed by atoms with Crippen molar-refractivity contribution in [2.24, 2.45) is 7.05 Å². The first-order chi connectivity index (χ1) is 8.56. The monoisotopic (exact) mass is 283 g/mol. The molecule has 2 rings (SSSR count). The lowest BCUT2D eigenvalue weighted by Crippen LogP contribution is -2.17. The van der Waals surface area contributed by atoms with Crippen LogP contribution < -0.4 is 5.32 Å². The second kappa shape index (κ2) is 5.74. The van der Waals surface area contributed by atoms with Crippen molar-refractivity contribution in [3.8, 4) is 0 Å². The molecule has 0 aliphatic heterocycles. The molecule has 1 N–H and O–H groups in total. The predicted octanol–water partition coefficient (Wildman–Crippen LogP) is 3.58. The Bertz CT molecular complexity index is 537. The van der Waals surface area contributed by atoms with Crippen LogP contribution in [0.2, 0.25) is 10.0 Å². The van der Waals surface area contributed by atoms with E-state index in [-0.39, 0.29) is 6.04 Å². The van der Waals surface area contributed by atoms with Gasteiger partial charge < -0.3 is 5.32 Å². The lowest BCUT2D eigenvalue weighted by atomic mass is 10.1. The highest BCUT2D eigenvalue weighted by atomic mass is 35.5. The molecule has 1 aromatic heterocycles. The number of halogens is 2. The van der Waals surface area contributed by atoms with Crippen molar-refractivity contribution in [2.75, 3.05) is 0 Å². The first kappa shape index (κ1) is 13.4. The maximum Gasteiger partial charge on any atom is 0.0595 e. The maximum atomic E-state index is 6.01. The van der Waals surface area contributed by atoms with E-state index in [1.807, 2.05) is 37.6 Å². The van der Waals surface area contributed by atoms with Gasteiger partial charge in [-0.25, -0.2) is 0 Å². The highest BCUT2D eigenvalue weighted by Crippen LogP contribution is 2.25. The molecule has 0 fully saturated rings. The van der Waals surface area contributed by atoms with Gasteiger partial charge in [-0.15, -0.1) is 0 Å². The molecule has 0 spiro atoms. The van der Waals surface area contributed by atoms with E-state index in [1.165, 1.54) is 0 Å². The summed E-state index contributed by atoms with van der Waals surface area (Å²) < 4.78 is 1.79. The molecule has 0 saturated carbocycles. The van der Waals surface area contributed by atoms with Crippen LogP contribution in [0.5, 0.6) is 0 Å². The molecule has 1 atom stereocenters. The molecular formula is C13H15Cl2N3. The Morgan fingerprint density at radius 2 is 2.11 bits per heavy atom. The van der Waals surface area contributed by atoms with Gasteiger partial charge in [-0.2, -0.15) is 5.10 Å². The fraction of sp³-hybridized carbons (Fsp3) is 0.308. The van der Waals surface area contributed by atoms with Crippen LogP contribution in [0.4, 0.5) is 0 Å². The van der Waals surface area contributed by atoms with E-state index in [2.05, 4.69) is 17.3 Å². The van der Waals surface area contributed by atoms with Gasteiger partial charge >= 0.3 is 0 Å². The SMILES string of the molecule is CC(NCc1cnn(C)c1)c1ccc(Cl)c(Cl)c1. The second-order valence-electron chi connectivity index (χ2n) is 4.30. The Morgan fingerprint density at radius 1 is 1.33 bits per heavy atom. The van der Waals surface area contributed by atoms with E-state index in [9.17, 15) is 0 Å². The summed E-state index contributed by atoms with van der Waals surface area (Å²) in [7, 11) is 1.91. The standard InChI is InChI=1S/C13H15Cl2N3/c1-9(11-3-4-12(14)13(15)5-11)16-6-10-7-17-18(2)8-10/h3-5,7-9,16H,6H2,1-2H3. The van der Waals surface area contributed by atoms with Gasteiger partial charge in [0.1, 0.15) is 0 Å². The third-order valence-electron chi connectivity index (χ3n) is 2.81. The topological polar surface area (TPSA) is 29.9 Å². The quantitative estimate of drug-likeness (QED) is 0.930. The van der Waals surface area contributed by atoms with Gasteiger partial charge in [0, 0.05) is 31.4 Å². The Kier molecular flexibility index (Phi) is 4.27. The summed E-state index contributed by atoms with van der Waals surface area (Å²) in [5, 5.41) is 8.72. The summed E-state index contributed by atoms with van der Waals surface area (Å²) in [6, 6.07) is 5.90. The van der Waals surface area contributed by atoms with Gasteiger partial charge in [-0.1, -0.05) is 29.3 Å². The Labute approximate surface area is 117 Å². The van der Waals surface area contributed by atoms with Crippen LogP contribution in [0.25, 0.3) is 0 Å². The van der Waals surface area contributed by atoms with Gasteiger partial charge in [0.25, 0.3) is 0 Å². The highest BCUT2D eigenvalue weighted by Gasteiger charge is 2.07. The van der Waals surface area contributed by atoms with Crippen LogP contribution in [0.1, 0.15) is 24.1 Å². The minimum Gasteiger partial charge on any atom is -0.306 e. The molecule has 0 aliphatic rings. The zero-order chi connectivity index (χ0) is 13.1. The number of rotatable bonds is 4. The molecule has 2 aromatic rings. The molecule has 0 saturated heterocycles. The van der Waals surface area contributed by atoms with Crippen LogP contribution in [0.15, 0.2) is 30.6 Å². The number of aryl methyl sites for hydroxylation is 1. The number of aromatic nitrogens is 2. The third-order valence-corrected chi connectivity index (χ3v) is 3.55. The number of hydrogen-bond donors (Lipinski definition) is 1. The smallest absolute Gasteiger partial charge is 0.0595 e. The minimum absolute atomic E-state index is 0.208. The first-order valence-electron chi connectivity index (χ1n) is 5.72. The van der Waals surface area contributed by atoms with Gasteiger partial charge in [0.2, 0.25) is 0 Å². The van der Waals surface area contributed by atoms with Gasteiger partial charge in [0.15, 0.2) is 0 Å². The lowest BCUT2D eigenvalue weighted by Gasteiger charge is -2.14. The number of hydrogen-bond acceptors (Lipinski definition) is 2. The van der Waals surface area contributed by atoms with Gasteiger partial charge in [-0.3, -0.25) is 4.68 Å². The Balaban J connectivity index is 1.99. The zero-order valence-corrected chi connectivity index (χ0v) is 11.8. The van der Waals surface area contributed by atoms with Crippen LogP contribution in [0, 0.1) is 0 Å². The van der Waals surface area contributed by atoms with E-state index in [0.717, 1.165) is 17.7 Å². The van der Waals surface area contributed by atoms with E-state index >= 15 is 0 Å². The molecule has 0 aliphatic carbocycles. The average Bonchev–Trinajstić information content (AvgIpc) is 2.75. The van der Waals surface area contributed by atoms with Crippen LogP contribution >= 0.6 is 23.2 Å². The molecule has 0 amide bonds. The zero-order valence-electron chi connectivity index (χ0n) is 10.3. The molecule has 1 heterocycles. The molecule has 1 aromatic carbocycles. The maximum absolute atomic E-state index is 6.01. The van der Waals surface area contributed by atoms with Gasteiger partial charge in [-0.05, 0) is 24.6 Å². The molecule has 18 heavy (non-hydrogen) atoms. The van der Waals surface area contributed by atoms with Crippen molar-refractivity contribution in [1.29, 1.82) is 0 Å². The van der Waals surface area contributed by atoms with Crippen LogP contribution in [-0.4, -0.2) is 9.78 Å². The van der Waals surface area contributed by atoms with E-state index in [4.69, 9.17) is 23.2 Å². The van der Waals surface area contributed by atoms with Crippen molar-refractivity contribution in [2.45, 2.75) is 19.5 Å². The fourth-order valence-electron chi connectivity index (χ4n) is 1.73. The van der Waals surface area contributed by atoms with E-state index in [1.54, 1.807) is 4.68 Å². The van der Waals surface area contributed by atoms with Crippen molar-refractivity contribution in [1.82, 2.24) is 15.1 Å². The first-order valence-corrected chi connectivity index (χ1v) is 6.47. The molecule has 0 radical (unpaired) electrons. The number of benzene rings is 1. The summed E-state index contributed by atoms with van der Waals surface area (Å²) in [6.45, 7) is 2.87. The van der Waals surface area contributed by atoms with Crippen molar-refractivity contribution < 1.29 is 0 Å². The van der Waals surface area contributed by atoms with E-state index < -0.39 is 0 Å². The van der Waals surface area contributed by atoms with E-state index in [0.29, 0.717) is 10.0 Å². The van der Waals surface area contributed by atoms with Crippen molar-refractivity contribution in [3.05, 3.63) is 51.8 Å². The minimum atomic E-state index is 0.208. The van der Waals surface area contributed by atoms with Crippen LogP contribution in [-0.2, 0) is 13.6 Å². The van der Waals surface area contributed by atoms with Crippen LogP contribution in [0.3, 0.4) is 0 Å². The third kappa shape index (κ3) is 3.25. The molecular weight excluding hydrogens is 269 g/mol. The van der Waals surface area contributed by atoms with Crippen molar-refractivity contribution >= 4 is 23.2 Å². The molecule has 96 valence electrons. The fourth-order valence-corrected chi connectivity index (χ4v) is 2.04. The Morgan fingerprint density at radius 3 is 2.72 bits per heavy atom. The summed E-state index contributed by atoms with van der Waals surface area (Å²) in [6.07, 6.45) is 3.85. The van der Waals surface area contributed by atoms with Crippen molar-refractivity contribution in [3.63, 3.8) is 0 Å². The summed E-state index contributed by atoms with van der Waals surface area (Å²) in [5.41, 5.74) is 2.28. The number of nitrogens with zero attached hydrogens (tertiary/aromatic N) is 2. The lowest BCUT2D eigenvalue weighted by molar-refractivity contribution is 0.574. The molecule has 5 heteroatoms. The summed E-state index contributed by atoms with van der Waals surface area (Å²) >= 11 is 11.9.